The Balaban J connectivity index is 1.30. The number of hydrogen-bond acceptors (Lipinski definition) is 6. The Bertz CT molecular complexity index is 1220. The van der Waals surface area contributed by atoms with Crippen molar-refractivity contribution >= 4 is 5.91 Å². The lowest BCUT2D eigenvalue weighted by Crippen LogP contribution is -2.47. The van der Waals surface area contributed by atoms with Crippen LogP contribution in [-0.4, -0.2) is 56.8 Å². The van der Waals surface area contributed by atoms with E-state index in [2.05, 4.69) is 44.0 Å². The lowest BCUT2D eigenvalue weighted by atomic mass is 10.1. The summed E-state index contributed by atoms with van der Waals surface area (Å²) in [6.45, 7) is 4.93. The molecule has 0 spiro atoms. The van der Waals surface area contributed by atoms with E-state index in [9.17, 15) is 9.90 Å². The van der Waals surface area contributed by atoms with E-state index in [1.807, 2.05) is 34.9 Å². The number of hydrogen-bond donors (Lipinski definition) is 2. The van der Waals surface area contributed by atoms with Crippen molar-refractivity contribution in [2.75, 3.05) is 26.2 Å². The van der Waals surface area contributed by atoms with Crippen LogP contribution in [0.1, 0.15) is 36.5 Å². The number of rotatable bonds is 6. The van der Waals surface area contributed by atoms with E-state index in [0.29, 0.717) is 37.6 Å². The molecule has 4 rings (SSSR count). The molecule has 1 aromatic carbocycles. The molecule has 0 saturated carbocycles. The average molecular weight is 444 g/mol. The van der Waals surface area contributed by atoms with E-state index in [-0.39, 0.29) is 5.91 Å². The molecule has 3 heterocycles. The molecule has 0 aliphatic carbocycles. The van der Waals surface area contributed by atoms with Crippen LogP contribution in [0.15, 0.2) is 47.2 Å². The van der Waals surface area contributed by atoms with Gasteiger partial charge in [0.2, 0.25) is 5.91 Å². The summed E-state index contributed by atoms with van der Waals surface area (Å²) in [6, 6.07) is 9.58. The lowest BCUT2D eigenvalue weighted by Gasteiger charge is -2.25. The highest BCUT2D eigenvalue weighted by Gasteiger charge is 2.14. The van der Waals surface area contributed by atoms with E-state index in [4.69, 9.17) is 4.52 Å². The number of aromatic nitrogens is 3. The molecular weight excluding hydrogens is 418 g/mol. The van der Waals surface area contributed by atoms with Crippen LogP contribution in [-0.2, 0) is 11.3 Å². The van der Waals surface area contributed by atoms with Crippen LogP contribution in [0.2, 0.25) is 0 Å². The van der Waals surface area contributed by atoms with E-state index in [1.165, 1.54) is 0 Å². The molecule has 33 heavy (non-hydrogen) atoms. The second-order valence-corrected chi connectivity index (χ2v) is 7.78. The number of carbonyl (C=O) groups excluding carboxylic acids is 1. The summed E-state index contributed by atoms with van der Waals surface area (Å²) < 4.78 is 7.33. The fourth-order valence-corrected chi connectivity index (χ4v) is 3.54. The molecule has 8 nitrogen and oxygen atoms in total. The third-order valence-corrected chi connectivity index (χ3v) is 5.21. The van der Waals surface area contributed by atoms with Crippen LogP contribution in [0, 0.1) is 23.7 Å². The molecule has 0 bridgehead atoms. The van der Waals surface area contributed by atoms with Crippen LogP contribution in [0.4, 0.5) is 0 Å². The maximum Gasteiger partial charge on any atom is 0.234 e. The van der Waals surface area contributed by atoms with Gasteiger partial charge in [-0.1, -0.05) is 17.0 Å². The van der Waals surface area contributed by atoms with Gasteiger partial charge in [0.25, 0.3) is 0 Å². The summed E-state index contributed by atoms with van der Waals surface area (Å²) in [4.78, 5) is 17.6. The molecule has 1 saturated heterocycles. The van der Waals surface area contributed by atoms with Crippen molar-refractivity contribution in [3.63, 3.8) is 0 Å². The Kier molecular flexibility index (Phi) is 7.21. The van der Waals surface area contributed by atoms with Gasteiger partial charge >= 0.3 is 0 Å². The zero-order chi connectivity index (χ0) is 23.0. The van der Waals surface area contributed by atoms with Crippen LogP contribution >= 0.6 is 0 Å². The van der Waals surface area contributed by atoms with Gasteiger partial charge < -0.3 is 19.5 Å². The number of carbonyl (C=O) groups is 1. The Hall–Kier alpha value is -3.85. The normalized spacial score (nSPS) is 14.5. The summed E-state index contributed by atoms with van der Waals surface area (Å²) in [5.41, 5.74) is 2.51. The Morgan fingerprint density at radius 2 is 2.12 bits per heavy atom. The zero-order valence-corrected chi connectivity index (χ0v) is 18.4. The summed E-state index contributed by atoms with van der Waals surface area (Å²) in [7, 11) is 0. The van der Waals surface area contributed by atoms with Gasteiger partial charge in [-0.25, -0.2) is 4.98 Å². The Morgan fingerprint density at radius 1 is 1.27 bits per heavy atom. The maximum absolute atomic E-state index is 11.3. The first kappa shape index (κ1) is 22.3. The average Bonchev–Trinajstić information content (AvgIpc) is 3.47. The van der Waals surface area contributed by atoms with Crippen molar-refractivity contribution in [2.24, 2.45) is 0 Å². The van der Waals surface area contributed by atoms with Crippen molar-refractivity contribution in [3.8, 4) is 35.0 Å². The molecule has 1 amide bonds. The summed E-state index contributed by atoms with van der Waals surface area (Å²) in [6.07, 6.45) is 3.50. The Morgan fingerprint density at radius 3 is 2.91 bits per heavy atom. The fourth-order valence-electron chi connectivity index (χ4n) is 3.54. The predicted octanol–water partition coefficient (Wildman–Crippen LogP) is 1.82. The summed E-state index contributed by atoms with van der Waals surface area (Å²) >= 11 is 0. The number of nitrogens with zero attached hydrogens (tertiary/aromatic N) is 4. The van der Waals surface area contributed by atoms with Gasteiger partial charge in [0.1, 0.15) is 17.6 Å². The molecule has 0 radical (unpaired) electrons. The van der Waals surface area contributed by atoms with Gasteiger partial charge in [0.15, 0.2) is 5.76 Å². The van der Waals surface area contributed by atoms with Gasteiger partial charge in [-0.05, 0) is 43.0 Å². The van der Waals surface area contributed by atoms with Crippen LogP contribution < -0.4 is 5.32 Å². The highest BCUT2D eigenvalue weighted by atomic mass is 16.5. The van der Waals surface area contributed by atoms with Crippen molar-refractivity contribution < 1.29 is 14.4 Å². The van der Waals surface area contributed by atoms with Crippen molar-refractivity contribution in [3.05, 3.63) is 59.8 Å². The standard InChI is InChI=1S/C25H25N5O3/c1-19(31)25-27-12-15-30(25)17-22-16-23(33-28-22)21-9-7-20(8-10-21)6-4-2-3-5-13-29-14-11-26-24(32)18-29/h7-10,12,15-16,19,31H,5,11,13-14,17-18H2,1H3,(H,26,32)/t19-/m0/s1. The summed E-state index contributed by atoms with van der Waals surface area (Å²) in [5.74, 6) is 13.2. The van der Waals surface area contributed by atoms with Gasteiger partial charge in [-0.3, -0.25) is 9.69 Å². The minimum atomic E-state index is -0.650. The molecule has 1 fully saturated rings. The molecule has 168 valence electrons. The highest BCUT2D eigenvalue weighted by molar-refractivity contribution is 5.78. The number of aliphatic hydroxyl groups excluding tert-OH is 1. The van der Waals surface area contributed by atoms with Gasteiger partial charge in [-0.15, -0.1) is 0 Å². The zero-order valence-electron chi connectivity index (χ0n) is 18.4. The molecule has 2 N–H and O–H groups in total. The molecule has 3 aromatic rings. The van der Waals surface area contributed by atoms with Gasteiger partial charge in [-0.2, -0.15) is 0 Å². The van der Waals surface area contributed by atoms with Crippen molar-refractivity contribution in [2.45, 2.75) is 26.0 Å². The third kappa shape index (κ3) is 6.11. The Labute approximate surface area is 192 Å². The maximum atomic E-state index is 11.3. The number of piperazine rings is 1. The van der Waals surface area contributed by atoms with Crippen molar-refractivity contribution in [1.82, 2.24) is 24.9 Å². The molecular formula is C25H25N5O3. The molecule has 1 aliphatic rings. The van der Waals surface area contributed by atoms with Crippen LogP contribution in [0.5, 0.6) is 0 Å². The molecule has 1 atom stereocenters. The van der Waals surface area contributed by atoms with Gasteiger partial charge in [0.05, 0.1) is 13.1 Å². The summed E-state index contributed by atoms with van der Waals surface area (Å²) in [5, 5.41) is 16.7. The SMILES string of the molecule is C[C@H](O)c1nccn1Cc1cc(-c2ccc(C#CC#CCCN3CCNC(=O)C3)cc2)on1. The molecule has 1 aliphatic heterocycles. The van der Waals surface area contributed by atoms with E-state index < -0.39 is 6.10 Å². The van der Waals surface area contributed by atoms with E-state index >= 15 is 0 Å². The molecule has 2 aromatic heterocycles. The number of nitrogens with one attached hydrogen (secondary N) is 1. The van der Waals surface area contributed by atoms with Gasteiger partial charge in [0, 0.05) is 55.6 Å². The number of benzene rings is 1. The number of imidazole rings is 1. The quantitative estimate of drug-likeness (QED) is 0.564. The first-order valence-electron chi connectivity index (χ1n) is 10.8. The second kappa shape index (κ2) is 10.6. The van der Waals surface area contributed by atoms with Crippen molar-refractivity contribution in [1.29, 1.82) is 0 Å². The fraction of sp³-hybridized carbons (Fsp3) is 0.320. The van der Waals surface area contributed by atoms with Crippen LogP contribution in [0.25, 0.3) is 11.3 Å². The number of aliphatic hydroxyl groups is 1. The highest BCUT2D eigenvalue weighted by Crippen LogP contribution is 2.22. The minimum Gasteiger partial charge on any atom is -0.385 e. The predicted molar refractivity (Wildman–Crippen MR) is 123 cm³/mol. The van der Waals surface area contributed by atoms with E-state index in [1.54, 1.807) is 19.3 Å². The third-order valence-electron chi connectivity index (χ3n) is 5.21. The molecule has 0 unspecified atom stereocenters. The first-order valence-corrected chi connectivity index (χ1v) is 10.8. The molecule has 8 heteroatoms. The lowest BCUT2D eigenvalue weighted by molar-refractivity contribution is -0.124. The second-order valence-electron chi connectivity index (χ2n) is 7.78. The first-order chi connectivity index (χ1) is 16.1. The number of amides is 1. The van der Waals surface area contributed by atoms with E-state index in [0.717, 1.165) is 29.9 Å². The van der Waals surface area contributed by atoms with Crippen LogP contribution in [0.3, 0.4) is 0 Å². The monoisotopic (exact) mass is 443 g/mol. The largest absolute Gasteiger partial charge is 0.385 e. The minimum absolute atomic E-state index is 0.0719. The topological polar surface area (TPSA) is 96.4 Å². The smallest absolute Gasteiger partial charge is 0.234 e.